The maximum atomic E-state index is 13.0. The molecule has 24 heavy (non-hydrogen) atoms. The molecule has 0 aliphatic carbocycles. The van der Waals surface area contributed by atoms with Crippen molar-refractivity contribution in [2.45, 2.75) is 71.1 Å². The van der Waals surface area contributed by atoms with E-state index in [0.717, 1.165) is 38.0 Å². The Kier molecular flexibility index (Phi) is 6.79. The summed E-state index contributed by atoms with van der Waals surface area (Å²) in [6.45, 7) is 11.9. The number of thioether (sulfide) groups is 1. The highest BCUT2D eigenvalue weighted by Crippen LogP contribution is 2.40. The molecule has 1 aliphatic rings. The first kappa shape index (κ1) is 19.4. The summed E-state index contributed by atoms with van der Waals surface area (Å²) in [7, 11) is 0. The van der Waals surface area contributed by atoms with Crippen molar-refractivity contribution in [3.8, 4) is 0 Å². The molecule has 0 saturated carbocycles. The zero-order valence-corrected chi connectivity index (χ0v) is 16.8. The highest BCUT2D eigenvalue weighted by molar-refractivity contribution is 7.99. The minimum absolute atomic E-state index is 0.171. The van der Waals surface area contributed by atoms with Gasteiger partial charge in [-0.15, -0.1) is 11.8 Å². The van der Waals surface area contributed by atoms with Crippen LogP contribution in [-0.2, 0) is 10.2 Å². The number of hydrogen-bond acceptors (Lipinski definition) is 2. The molecule has 0 bridgehead atoms. The van der Waals surface area contributed by atoms with Gasteiger partial charge >= 0.3 is 0 Å². The second-order valence-electron chi connectivity index (χ2n) is 7.87. The lowest BCUT2D eigenvalue weighted by Crippen LogP contribution is -2.35. The molecule has 2 rings (SSSR count). The standard InChI is InChI=1S/C21H33NOS/c1-6-8-9-16(7-2)19(23)22-14-15-24-20(22)17-10-12-18(13-11-17)21(3,4)5/h10-13,16,20H,6-9,14-15H2,1-5H3/t16-,20+/m1/s1. The van der Waals surface area contributed by atoms with Crippen molar-refractivity contribution in [3.05, 3.63) is 35.4 Å². The van der Waals surface area contributed by atoms with Gasteiger partial charge in [0, 0.05) is 18.2 Å². The molecule has 3 heteroatoms. The number of nitrogens with zero attached hydrogens (tertiary/aromatic N) is 1. The zero-order valence-electron chi connectivity index (χ0n) is 16.0. The molecule has 0 N–H and O–H groups in total. The Morgan fingerprint density at radius 3 is 2.46 bits per heavy atom. The van der Waals surface area contributed by atoms with Crippen LogP contribution in [0, 0.1) is 5.92 Å². The third kappa shape index (κ3) is 4.56. The predicted octanol–water partition coefficient (Wildman–Crippen LogP) is 5.77. The number of carbonyl (C=O) groups is 1. The largest absolute Gasteiger partial charge is 0.325 e. The van der Waals surface area contributed by atoms with Crippen LogP contribution >= 0.6 is 11.8 Å². The number of benzene rings is 1. The van der Waals surface area contributed by atoms with Crippen LogP contribution in [0.2, 0.25) is 0 Å². The van der Waals surface area contributed by atoms with Crippen LogP contribution in [0.4, 0.5) is 0 Å². The fraction of sp³-hybridized carbons (Fsp3) is 0.667. The van der Waals surface area contributed by atoms with E-state index < -0.39 is 0 Å². The molecule has 1 aromatic carbocycles. The molecule has 1 heterocycles. The Labute approximate surface area is 152 Å². The molecule has 0 unspecified atom stereocenters. The van der Waals surface area contributed by atoms with Gasteiger partial charge in [0.2, 0.25) is 5.91 Å². The summed E-state index contributed by atoms with van der Waals surface area (Å²) in [5.41, 5.74) is 2.79. The Hall–Kier alpha value is -0.960. The molecule has 1 amide bonds. The Bertz CT molecular complexity index is 532. The SMILES string of the molecule is CCCC[C@@H](CC)C(=O)N1CCS[C@H]1c1ccc(C(C)(C)C)cc1. The van der Waals surface area contributed by atoms with E-state index >= 15 is 0 Å². The molecular formula is C21H33NOS. The van der Waals surface area contributed by atoms with Crippen LogP contribution in [0.1, 0.15) is 76.8 Å². The molecule has 1 aromatic rings. The van der Waals surface area contributed by atoms with Crippen molar-refractivity contribution in [1.29, 1.82) is 0 Å². The topological polar surface area (TPSA) is 20.3 Å². The Balaban J connectivity index is 2.13. The first-order valence-corrected chi connectivity index (χ1v) is 10.5. The number of carbonyl (C=O) groups excluding carboxylic acids is 1. The predicted molar refractivity (Wildman–Crippen MR) is 105 cm³/mol. The first-order valence-electron chi connectivity index (χ1n) is 9.41. The lowest BCUT2D eigenvalue weighted by molar-refractivity contribution is -0.136. The fourth-order valence-corrected chi connectivity index (χ4v) is 4.57. The third-order valence-electron chi connectivity index (χ3n) is 4.98. The molecule has 0 spiro atoms. The lowest BCUT2D eigenvalue weighted by Gasteiger charge is -2.28. The van der Waals surface area contributed by atoms with Gasteiger partial charge in [-0.05, 0) is 29.4 Å². The second-order valence-corrected chi connectivity index (χ2v) is 9.06. The van der Waals surface area contributed by atoms with Crippen molar-refractivity contribution >= 4 is 17.7 Å². The maximum Gasteiger partial charge on any atom is 0.226 e. The van der Waals surface area contributed by atoms with Gasteiger partial charge in [-0.3, -0.25) is 4.79 Å². The van der Waals surface area contributed by atoms with Gasteiger partial charge in [0.1, 0.15) is 5.37 Å². The van der Waals surface area contributed by atoms with E-state index in [1.165, 1.54) is 11.1 Å². The zero-order chi connectivity index (χ0) is 17.7. The van der Waals surface area contributed by atoms with E-state index in [9.17, 15) is 4.79 Å². The van der Waals surface area contributed by atoms with Gasteiger partial charge in [-0.1, -0.05) is 71.7 Å². The fourth-order valence-electron chi connectivity index (χ4n) is 3.31. The van der Waals surface area contributed by atoms with Gasteiger partial charge in [-0.2, -0.15) is 0 Å². The molecule has 0 radical (unpaired) electrons. The molecule has 0 aromatic heterocycles. The number of rotatable bonds is 6. The maximum absolute atomic E-state index is 13.0. The van der Waals surface area contributed by atoms with E-state index in [4.69, 9.17) is 0 Å². The third-order valence-corrected chi connectivity index (χ3v) is 6.24. The van der Waals surface area contributed by atoms with Crippen LogP contribution in [0.25, 0.3) is 0 Å². The number of unbranched alkanes of at least 4 members (excludes halogenated alkanes) is 1. The highest BCUT2D eigenvalue weighted by Gasteiger charge is 2.33. The quantitative estimate of drug-likeness (QED) is 0.650. The van der Waals surface area contributed by atoms with Crippen LogP contribution in [0.15, 0.2) is 24.3 Å². The summed E-state index contributed by atoms with van der Waals surface area (Å²) < 4.78 is 0. The van der Waals surface area contributed by atoms with Crippen LogP contribution in [-0.4, -0.2) is 23.1 Å². The normalized spacial score (nSPS) is 19.5. The highest BCUT2D eigenvalue weighted by atomic mass is 32.2. The summed E-state index contributed by atoms with van der Waals surface area (Å²) in [6.07, 6.45) is 4.30. The molecule has 1 fully saturated rings. The molecule has 1 aliphatic heterocycles. The summed E-state index contributed by atoms with van der Waals surface area (Å²) in [6, 6.07) is 8.89. The van der Waals surface area contributed by atoms with Gasteiger partial charge in [0.05, 0.1) is 0 Å². The Morgan fingerprint density at radius 2 is 1.92 bits per heavy atom. The summed E-state index contributed by atoms with van der Waals surface area (Å²) in [5.74, 6) is 1.60. The average Bonchev–Trinajstić information content (AvgIpc) is 3.04. The minimum atomic E-state index is 0.171. The summed E-state index contributed by atoms with van der Waals surface area (Å²) >= 11 is 1.90. The molecule has 1 saturated heterocycles. The minimum Gasteiger partial charge on any atom is -0.325 e. The van der Waals surface area contributed by atoms with E-state index in [0.29, 0.717) is 5.91 Å². The second kappa shape index (κ2) is 8.42. The van der Waals surface area contributed by atoms with Crippen molar-refractivity contribution in [3.63, 3.8) is 0 Å². The number of amides is 1. The van der Waals surface area contributed by atoms with Crippen molar-refractivity contribution in [2.24, 2.45) is 5.92 Å². The van der Waals surface area contributed by atoms with Crippen LogP contribution in [0.3, 0.4) is 0 Å². The molecular weight excluding hydrogens is 314 g/mol. The van der Waals surface area contributed by atoms with Gasteiger partial charge in [-0.25, -0.2) is 0 Å². The monoisotopic (exact) mass is 347 g/mol. The van der Waals surface area contributed by atoms with E-state index in [1.54, 1.807) is 0 Å². The molecule has 2 nitrogen and oxygen atoms in total. The number of hydrogen-bond donors (Lipinski definition) is 0. The van der Waals surface area contributed by atoms with E-state index in [-0.39, 0.29) is 16.7 Å². The smallest absolute Gasteiger partial charge is 0.226 e. The first-order chi connectivity index (χ1) is 11.4. The molecule has 2 atom stereocenters. The van der Waals surface area contributed by atoms with Gasteiger partial charge in [0.25, 0.3) is 0 Å². The summed E-state index contributed by atoms with van der Waals surface area (Å²) in [5, 5.41) is 0.196. The van der Waals surface area contributed by atoms with Gasteiger partial charge < -0.3 is 4.90 Å². The van der Waals surface area contributed by atoms with E-state index in [1.807, 2.05) is 11.8 Å². The molecule has 134 valence electrons. The van der Waals surface area contributed by atoms with Crippen LogP contribution < -0.4 is 0 Å². The van der Waals surface area contributed by atoms with Crippen LogP contribution in [0.5, 0.6) is 0 Å². The average molecular weight is 348 g/mol. The van der Waals surface area contributed by atoms with Crippen molar-refractivity contribution < 1.29 is 4.79 Å². The Morgan fingerprint density at radius 1 is 1.25 bits per heavy atom. The van der Waals surface area contributed by atoms with Crippen molar-refractivity contribution in [1.82, 2.24) is 4.90 Å². The van der Waals surface area contributed by atoms with Gasteiger partial charge in [0.15, 0.2) is 0 Å². The lowest BCUT2D eigenvalue weighted by atomic mass is 9.86. The van der Waals surface area contributed by atoms with E-state index in [2.05, 4.69) is 63.8 Å². The van der Waals surface area contributed by atoms with Crippen molar-refractivity contribution in [2.75, 3.05) is 12.3 Å². The summed E-state index contributed by atoms with van der Waals surface area (Å²) in [4.78, 5) is 15.1.